The van der Waals surface area contributed by atoms with Gasteiger partial charge >= 0.3 is 5.97 Å². The Hall–Kier alpha value is 0.170. The van der Waals surface area contributed by atoms with E-state index in [0.717, 1.165) is 33.8 Å². The molecule has 112 valence electrons. The lowest BCUT2D eigenvalue weighted by molar-refractivity contribution is -0.168. The Morgan fingerprint density at radius 1 is 0.950 bits per heavy atom. The maximum atomic E-state index is 12.5. The van der Waals surface area contributed by atoms with Crippen molar-refractivity contribution in [1.29, 1.82) is 0 Å². The number of hydrogen-bond acceptors (Lipinski definition) is 4. The number of esters is 1. The number of hydrogen-bond donors (Lipinski definition) is 0. The molecule has 20 heavy (non-hydrogen) atoms. The van der Waals surface area contributed by atoms with Gasteiger partial charge in [-0.05, 0) is 58.3 Å². The third-order valence-corrected chi connectivity index (χ3v) is 8.63. The van der Waals surface area contributed by atoms with Crippen molar-refractivity contribution in [2.45, 2.75) is 79.0 Å². The number of carbonyl (C=O) groups is 1. The first-order valence-corrected chi connectivity index (χ1v) is 9.95. The van der Waals surface area contributed by atoms with Gasteiger partial charge in [0.2, 0.25) is 0 Å². The fraction of sp³-hybridized carbons (Fsp3) is 0.938. The van der Waals surface area contributed by atoms with E-state index in [9.17, 15) is 4.79 Å². The maximum Gasteiger partial charge on any atom is 0.309 e. The van der Waals surface area contributed by atoms with Crippen molar-refractivity contribution in [3.8, 4) is 0 Å². The average Bonchev–Trinajstić information content (AvgIpc) is 3.30. The van der Waals surface area contributed by atoms with Gasteiger partial charge in [0.1, 0.15) is 5.60 Å². The van der Waals surface area contributed by atoms with Gasteiger partial charge in [-0.2, -0.15) is 23.5 Å². The Morgan fingerprint density at radius 2 is 1.60 bits per heavy atom. The van der Waals surface area contributed by atoms with Crippen molar-refractivity contribution in [1.82, 2.24) is 0 Å². The van der Waals surface area contributed by atoms with Crippen LogP contribution in [0, 0.1) is 11.8 Å². The highest BCUT2D eigenvalue weighted by molar-refractivity contribution is 8.07. The summed E-state index contributed by atoms with van der Waals surface area (Å²) in [5.74, 6) is 0.832. The van der Waals surface area contributed by atoms with Crippen LogP contribution in [-0.2, 0) is 9.53 Å². The predicted molar refractivity (Wildman–Crippen MR) is 85.2 cm³/mol. The van der Waals surface area contributed by atoms with Crippen LogP contribution in [0.1, 0.15) is 52.4 Å². The Bertz CT molecular complexity index is 423. The van der Waals surface area contributed by atoms with Crippen LogP contribution in [0.5, 0.6) is 0 Å². The number of rotatable bonds is 3. The lowest BCUT2D eigenvalue weighted by Gasteiger charge is -2.37. The molecule has 6 atom stereocenters. The molecule has 4 fully saturated rings. The third kappa shape index (κ3) is 2.63. The van der Waals surface area contributed by atoms with Crippen molar-refractivity contribution in [3.63, 3.8) is 0 Å². The lowest BCUT2D eigenvalue weighted by Crippen LogP contribution is -2.41. The molecule has 2 heterocycles. The third-order valence-electron chi connectivity index (χ3n) is 5.69. The minimum Gasteiger partial charge on any atom is -0.459 e. The molecule has 0 radical (unpaired) electrons. The van der Waals surface area contributed by atoms with Crippen molar-refractivity contribution >= 4 is 29.5 Å². The largest absolute Gasteiger partial charge is 0.459 e. The second-order valence-electron chi connectivity index (χ2n) is 7.47. The Morgan fingerprint density at radius 3 is 2.25 bits per heavy atom. The fourth-order valence-electron chi connectivity index (χ4n) is 4.08. The minimum absolute atomic E-state index is 0.0894. The van der Waals surface area contributed by atoms with Crippen LogP contribution in [0.25, 0.3) is 0 Å². The predicted octanol–water partition coefficient (Wildman–Crippen LogP) is 3.88. The molecule has 2 aliphatic heterocycles. The molecule has 2 nitrogen and oxygen atoms in total. The van der Waals surface area contributed by atoms with Crippen molar-refractivity contribution in [2.24, 2.45) is 11.8 Å². The van der Waals surface area contributed by atoms with Crippen LogP contribution in [0.3, 0.4) is 0 Å². The van der Waals surface area contributed by atoms with Gasteiger partial charge in [0.15, 0.2) is 0 Å². The van der Waals surface area contributed by atoms with Gasteiger partial charge in [-0.25, -0.2) is 0 Å². The normalized spacial score (nSPS) is 46.1. The molecule has 0 bridgehead atoms. The molecule has 4 heteroatoms. The maximum absolute atomic E-state index is 12.5. The fourth-order valence-corrected chi connectivity index (χ4v) is 6.52. The van der Waals surface area contributed by atoms with E-state index in [4.69, 9.17) is 4.74 Å². The molecule has 2 saturated heterocycles. The van der Waals surface area contributed by atoms with Crippen molar-refractivity contribution in [3.05, 3.63) is 0 Å². The first-order chi connectivity index (χ1) is 9.53. The highest BCUT2D eigenvalue weighted by Gasteiger charge is 2.49. The zero-order valence-electron chi connectivity index (χ0n) is 12.3. The summed E-state index contributed by atoms with van der Waals surface area (Å²) >= 11 is 4.19. The van der Waals surface area contributed by atoms with Gasteiger partial charge in [-0.15, -0.1) is 0 Å². The molecular weight excluding hydrogens is 288 g/mol. The van der Waals surface area contributed by atoms with Crippen molar-refractivity contribution in [2.75, 3.05) is 0 Å². The molecule has 0 N–H and O–H groups in total. The summed E-state index contributed by atoms with van der Waals surface area (Å²) in [5.41, 5.74) is -0.265. The van der Waals surface area contributed by atoms with E-state index in [0.29, 0.717) is 5.92 Å². The van der Waals surface area contributed by atoms with Gasteiger partial charge < -0.3 is 4.74 Å². The van der Waals surface area contributed by atoms with Gasteiger partial charge in [-0.1, -0.05) is 0 Å². The second-order valence-corrected chi connectivity index (χ2v) is 10.4. The number of fused-ring (bicyclic) bond motifs is 2. The van der Waals surface area contributed by atoms with E-state index < -0.39 is 0 Å². The molecular formula is C16H24O2S2. The molecule has 0 spiro atoms. The summed E-state index contributed by atoms with van der Waals surface area (Å²) in [6.45, 7) is 4.28. The van der Waals surface area contributed by atoms with Crippen LogP contribution < -0.4 is 0 Å². The molecule has 0 aromatic heterocycles. The summed E-state index contributed by atoms with van der Waals surface area (Å²) < 4.78 is 5.99. The monoisotopic (exact) mass is 312 g/mol. The number of thioether (sulfide) groups is 2. The van der Waals surface area contributed by atoms with Crippen LogP contribution in [0.4, 0.5) is 0 Å². The van der Waals surface area contributed by atoms with E-state index >= 15 is 0 Å². The molecule has 2 aliphatic carbocycles. The van der Waals surface area contributed by atoms with Gasteiger partial charge in [0.05, 0.1) is 5.92 Å². The van der Waals surface area contributed by atoms with Gasteiger partial charge in [-0.3, -0.25) is 4.79 Å². The van der Waals surface area contributed by atoms with E-state index in [1.807, 2.05) is 0 Å². The van der Waals surface area contributed by atoms with E-state index in [-0.39, 0.29) is 17.5 Å². The molecule has 4 rings (SSSR count). The second kappa shape index (κ2) is 4.84. The standard InChI is InChI=1S/C16H24O2S2/c1-16(2,10-4-6-12-14(8-10)20-12)18-15(17)9-3-5-11-13(7-9)19-11/h9-14H,3-8H2,1-2H3. The summed E-state index contributed by atoms with van der Waals surface area (Å²) in [4.78, 5) is 12.5. The molecule has 4 aliphatic rings. The summed E-state index contributed by atoms with van der Waals surface area (Å²) in [7, 11) is 0. The highest BCUT2D eigenvalue weighted by atomic mass is 32.2. The molecule has 0 amide bonds. The topological polar surface area (TPSA) is 26.3 Å². The first-order valence-electron chi connectivity index (χ1n) is 8.07. The van der Waals surface area contributed by atoms with E-state index in [1.54, 1.807) is 0 Å². The molecule has 0 aromatic rings. The number of carbonyl (C=O) groups excluding carboxylic acids is 1. The zero-order chi connectivity index (χ0) is 13.9. The minimum atomic E-state index is -0.265. The quantitative estimate of drug-likeness (QED) is 0.583. The van der Waals surface area contributed by atoms with Gasteiger partial charge in [0.25, 0.3) is 0 Å². The number of ether oxygens (including phenoxy) is 1. The molecule has 2 saturated carbocycles. The Balaban J connectivity index is 1.35. The summed E-state index contributed by atoms with van der Waals surface area (Å²) in [6, 6.07) is 0. The average molecular weight is 313 g/mol. The SMILES string of the molecule is CC(C)(OC(=O)C1CCC2SC2C1)C1CCC2SC2C1. The van der Waals surface area contributed by atoms with Crippen LogP contribution in [-0.4, -0.2) is 32.6 Å². The Kier molecular flexibility index (Phi) is 3.34. The van der Waals surface area contributed by atoms with E-state index in [1.165, 1.54) is 25.7 Å². The van der Waals surface area contributed by atoms with E-state index in [2.05, 4.69) is 37.4 Å². The first kappa shape index (κ1) is 13.8. The van der Waals surface area contributed by atoms with Gasteiger partial charge in [0, 0.05) is 21.0 Å². The van der Waals surface area contributed by atoms with Crippen LogP contribution in [0.2, 0.25) is 0 Å². The van der Waals surface area contributed by atoms with Crippen molar-refractivity contribution < 1.29 is 9.53 Å². The smallest absolute Gasteiger partial charge is 0.309 e. The van der Waals surface area contributed by atoms with Crippen LogP contribution in [0.15, 0.2) is 0 Å². The molecule has 6 unspecified atom stereocenters. The highest BCUT2D eigenvalue weighted by Crippen LogP contribution is 2.55. The molecule has 0 aromatic carbocycles. The lowest BCUT2D eigenvalue weighted by atomic mass is 9.78. The summed E-state index contributed by atoms with van der Waals surface area (Å²) in [6.07, 6.45) is 7.15. The zero-order valence-corrected chi connectivity index (χ0v) is 14.0. The Labute approximate surface area is 130 Å². The summed E-state index contributed by atoms with van der Waals surface area (Å²) in [5, 5.41) is 3.43. The van der Waals surface area contributed by atoms with Crippen LogP contribution >= 0.6 is 23.5 Å².